The maximum Gasteiger partial charge on any atom is 0.307 e. The number of nitrogens with zero attached hydrogens (tertiary/aromatic N) is 1. The minimum atomic E-state index is -0.691. The minimum absolute atomic E-state index is 0.208. The van der Waals surface area contributed by atoms with E-state index in [4.69, 9.17) is 5.11 Å². The molecule has 5 heteroatoms. The third-order valence-electron chi connectivity index (χ3n) is 3.11. The lowest BCUT2D eigenvalue weighted by atomic mass is 10.1. The van der Waals surface area contributed by atoms with E-state index in [1.807, 2.05) is 0 Å². The van der Waals surface area contributed by atoms with Crippen molar-refractivity contribution in [2.75, 3.05) is 25.4 Å². The number of halogens is 1. The van der Waals surface area contributed by atoms with Gasteiger partial charge in [-0.25, -0.2) is 4.39 Å². The second-order valence-electron chi connectivity index (χ2n) is 4.43. The summed E-state index contributed by atoms with van der Waals surface area (Å²) in [6, 6.07) is 6.45. The molecule has 1 N–H and O–H groups in total. The van der Waals surface area contributed by atoms with Crippen molar-refractivity contribution >= 4 is 17.7 Å². The average molecular weight is 269 g/mol. The number of carbonyl (C=O) groups is 1. The number of rotatable bonds is 5. The van der Waals surface area contributed by atoms with Gasteiger partial charge >= 0.3 is 5.97 Å². The Morgan fingerprint density at radius 3 is 2.78 bits per heavy atom. The summed E-state index contributed by atoms with van der Waals surface area (Å²) in [5.74, 6) is -0.217. The second kappa shape index (κ2) is 6.20. The van der Waals surface area contributed by atoms with Gasteiger partial charge in [0.1, 0.15) is 5.82 Å². The number of hydrogen-bond acceptors (Lipinski definition) is 3. The van der Waals surface area contributed by atoms with Crippen LogP contribution in [-0.2, 0) is 4.79 Å². The first-order valence-electron chi connectivity index (χ1n) is 5.98. The fourth-order valence-corrected chi connectivity index (χ4v) is 2.97. The van der Waals surface area contributed by atoms with Gasteiger partial charge in [-0.05, 0) is 37.2 Å². The smallest absolute Gasteiger partial charge is 0.307 e. The van der Waals surface area contributed by atoms with Gasteiger partial charge in [0.25, 0.3) is 0 Å². The molecule has 98 valence electrons. The van der Waals surface area contributed by atoms with Crippen LogP contribution in [0.1, 0.15) is 6.42 Å². The van der Waals surface area contributed by atoms with Crippen molar-refractivity contribution in [1.29, 1.82) is 0 Å². The van der Waals surface area contributed by atoms with Gasteiger partial charge in [0, 0.05) is 23.7 Å². The van der Waals surface area contributed by atoms with Crippen molar-refractivity contribution in [2.45, 2.75) is 11.3 Å². The van der Waals surface area contributed by atoms with Crippen LogP contribution in [0.25, 0.3) is 0 Å². The van der Waals surface area contributed by atoms with E-state index in [1.165, 1.54) is 12.1 Å². The summed E-state index contributed by atoms with van der Waals surface area (Å²) < 4.78 is 12.7. The predicted molar refractivity (Wildman–Crippen MR) is 69.3 cm³/mol. The maximum absolute atomic E-state index is 12.7. The highest BCUT2D eigenvalue weighted by molar-refractivity contribution is 7.99. The van der Waals surface area contributed by atoms with Gasteiger partial charge in [-0.1, -0.05) is 0 Å². The van der Waals surface area contributed by atoms with Gasteiger partial charge in [0.05, 0.1) is 5.92 Å². The van der Waals surface area contributed by atoms with Crippen LogP contribution in [0.2, 0.25) is 0 Å². The van der Waals surface area contributed by atoms with Gasteiger partial charge in [0.15, 0.2) is 0 Å². The molecule has 0 amide bonds. The van der Waals surface area contributed by atoms with E-state index < -0.39 is 5.97 Å². The van der Waals surface area contributed by atoms with Crippen LogP contribution in [0.15, 0.2) is 29.2 Å². The molecule has 1 saturated heterocycles. The minimum Gasteiger partial charge on any atom is -0.481 e. The van der Waals surface area contributed by atoms with E-state index >= 15 is 0 Å². The zero-order chi connectivity index (χ0) is 13.0. The first kappa shape index (κ1) is 13.4. The number of benzene rings is 1. The molecule has 3 nitrogen and oxygen atoms in total. The van der Waals surface area contributed by atoms with Gasteiger partial charge in [-0.15, -0.1) is 11.8 Å². The molecule has 1 heterocycles. The molecule has 0 aliphatic carbocycles. The molecule has 1 aromatic rings. The van der Waals surface area contributed by atoms with Crippen molar-refractivity contribution in [3.05, 3.63) is 30.1 Å². The molecule has 0 radical (unpaired) electrons. The van der Waals surface area contributed by atoms with E-state index in [0.29, 0.717) is 6.54 Å². The van der Waals surface area contributed by atoms with Crippen LogP contribution in [-0.4, -0.2) is 41.4 Å². The Bertz CT molecular complexity index is 410. The van der Waals surface area contributed by atoms with Crippen LogP contribution in [0.5, 0.6) is 0 Å². The molecule has 0 saturated carbocycles. The molecule has 1 aromatic carbocycles. The quantitative estimate of drug-likeness (QED) is 0.833. The first-order chi connectivity index (χ1) is 8.65. The highest BCUT2D eigenvalue weighted by Gasteiger charge is 2.27. The molecule has 1 fully saturated rings. The summed E-state index contributed by atoms with van der Waals surface area (Å²) in [4.78, 5) is 14.0. The molecule has 1 aliphatic heterocycles. The summed E-state index contributed by atoms with van der Waals surface area (Å²) >= 11 is 1.67. The summed E-state index contributed by atoms with van der Waals surface area (Å²) in [5, 5.41) is 8.89. The molecule has 0 spiro atoms. The molecule has 18 heavy (non-hydrogen) atoms. The van der Waals surface area contributed by atoms with E-state index in [1.54, 1.807) is 23.9 Å². The van der Waals surface area contributed by atoms with Crippen molar-refractivity contribution in [3.63, 3.8) is 0 Å². The lowest BCUT2D eigenvalue weighted by Gasteiger charge is -2.14. The van der Waals surface area contributed by atoms with Gasteiger partial charge < -0.3 is 10.0 Å². The molecule has 1 aliphatic rings. The number of thioether (sulfide) groups is 1. The Morgan fingerprint density at radius 2 is 2.17 bits per heavy atom. The number of aliphatic carboxylic acids is 1. The predicted octanol–water partition coefficient (Wildman–Crippen LogP) is 2.32. The van der Waals surface area contributed by atoms with Crippen LogP contribution in [0, 0.1) is 11.7 Å². The summed E-state index contributed by atoms with van der Waals surface area (Å²) in [6.45, 7) is 2.39. The van der Waals surface area contributed by atoms with Gasteiger partial charge in [-0.2, -0.15) is 0 Å². The van der Waals surface area contributed by atoms with Gasteiger partial charge in [0.2, 0.25) is 0 Å². The summed E-state index contributed by atoms with van der Waals surface area (Å²) in [7, 11) is 0. The Hall–Kier alpha value is -1.07. The van der Waals surface area contributed by atoms with E-state index in [9.17, 15) is 9.18 Å². The van der Waals surface area contributed by atoms with Crippen molar-refractivity contribution < 1.29 is 14.3 Å². The number of carboxylic acids is 1. The van der Waals surface area contributed by atoms with E-state index in [0.717, 1.165) is 30.2 Å². The van der Waals surface area contributed by atoms with Crippen LogP contribution < -0.4 is 0 Å². The van der Waals surface area contributed by atoms with Crippen molar-refractivity contribution in [1.82, 2.24) is 4.90 Å². The number of carboxylic acid groups (broad SMARTS) is 1. The van der Waals surface area contributed by atoms with Crippen LogP contribution >= 0.6 is 11.8 Å². The Kier molecular flexibility index (Phi) is 4.60. The SMILES string of the molecule is O=C(O)C1CCN(CCSc2ccc(F)cc2)C1. The molecular formula is C13H16FNO2S. The fraction of sp³-hybridized carbons (Fsp3) is 0.462. The lowest BCUT2D eigenvalue weighted by molar-refractivity contribution is -0.141. The average Bonchev–Trinajstić information content (AvgIpc) is 2.81. The van der Waals surface area contributed by atoms with E-state index in [2.05, 4.69) is 4.90 Å². The summed E-state index contributed by atoms with van der Waals surface area (Å²) in [6.07, 6.45) is 0.747. The monoisotopic (exact) mass is 269 g/mol. The molecule has 0 aromatic heterocycles. The van der Waals surface area contributed by atoms with Crippen molar-refractivity contribution in [2.24, 2.45) is 5.92 Å². The Balaban J connectivity index is 1.70. The van der Waals surface area contributed by atoms with Crippen LogP contribution in [0.3, 0.4) is 0 Å². The molecular weight excluding hydrogens is 253 g/mol. The summed E-state index contributed by atoms with van der Waals surface area (Å²) in [5.41, 5.74) is 0. The second-order valence-corrected chi connectivity index (χ2v) is 5.60. The molecule has 2 rings (SSSR count). The van der Waals surface area contributed by atoms with Crippen molar-refractivity contribution in [3.8, 4) is 0 Å². The standard InChI is InChI=1S/C13H16FNO2S/c14-11-1-3-12(4-2-11)18-8-7-15-6-5-10(9-15)13(16)17/h1-4,10H,5-9H2,(H,16,17). The van der Waals surface area contributed by atoms with Crippen LogP contribution in [0.4, 0.5) is 4.39 Å². The molecule has 1 atom stereocenters. The lowest BCUT2D eigenvalue weighted by Crippen LogP contribution is -2.25. The highest BCUT2D eigenvalue weighted by Crippen LogP contribution is 2.20. The maximum atomic E-state index is 12.7. The normalized spacial score (nSPS) is 20.2. The Morgan fingerprint density at radius 1 is 1.44 bits per heavy atom. The topological polar surface area (TPSA) is 40.5 Å². The third kappa shape index (κ3) is 3.71. The zero-order valence-electron chi connectivity index (χ0n) is 10.0. The first-order valence-corrected chi connectivity index (χ1v) is 6.97. The molecule has 0 bridgehead atoms. The Labute approximate surface area is 110 Å². The van der Waals surface area contributed by atoms with E-state index in [-0.39, 0.29) is 11.7 Å². The number of hydrogen-bond donors (Lipinski definition) is 1. The number of likely N-dealkylation sites (tertiary alicyclic amines) is 1. The fourth-order valence-electron chi connectivity index (χ4n) is 2.06. The zero-order valence-corrected chi connectivity index (χ0v) is 10.8. The van der Waals surface area contributed by atoms with Gasteiger partial charge in [-0.3, -0.25) is 4.79 Å². The highest BCUT2D eigenvalue weighted by atomic mass is 32.2. The largest absolute Gasteiger partial charge is 0.481 e. The third-order valence-corrected chi connectivity index (χ3v) is 4.10. The molecule has 1 unspecified atom stereocenters.